The fraction of sp³-hybridized carbons (Fsp3) is 0.533. The molecular weight excluding hydrogens is 306 g/mol. The molecule has 0 aromatic heterocycles. The van der Waals surface area contributed by atoms with Gasteiger partial charge < -0.3 is 10.5 Å². The minimum absolute atomic E-state index is 0.0510. The molecule has 0 radical (unpaired) electrons. The van der Waals surface area contributed by atoms with E-state index in [9.17, 15) is 4.79 Å². The Morgan fingerprint density at radius 2 is 2.05 bits per heavy atom. The van der Waals surface area contributed by atoms with Gasteiger partial charge in [0.15, 0.2) is 0 Å². The molecule has 1 aromatic carbocycles. The zero-order valence-electron chi connectivity index (χ0n) is 11.4. The van der Waals surface area contributed by atoms with Gasteiger partial charge in [0, 0.05) is 10.2 Å². The van der Waals surface area contributed by atoms with Gasteiger partial charge in [-0.1, -0.05) is 13.8 Å². The third-order valence-corrected chi connectivity index (χ3v) is 4.75. The predicted molar refractivity (Wildman–Crippen MR) is 79.9 cm³/mol. The van der Waals surface area contributed by atoms with Crippen LogP contribution in [0.2, 0.25) is 0 Å². The third kappa shape index (κ3) is 3.50. The van der Waals surface area contributed by atoms with Crippen molar-refractivity contribution in [2.45, 2.75) is 39.2 Å². The summed E-state index contributed by atoms with van der Waals surface area (Å²) in [5.41, 5.74) is 6.88. The molecule has 2 N–H and O–H groups in total. The van der Waals surface area contributed by atoms with E-state index < -0.39 is 0 Å². The first-order valence-electron chi connectivity index (χ1n) is 6.73. The largest absolute Gasteiger partial charge is 0.459 e. The minimum atomic E-state index is -0.257. The Morgan fingerprint density at radius 1 is 1.32 bits per heavy atom. The number of hydrogen-bond donors (Lipinski definition) is 1. The van der Waals surface area contributed by atoms with Crippen LogP contribution >= 0.6 is 15.9 Å². The second-order valence-electron chi connectivity index (χ2n) is 5.53. The second-order valence-corrected chi connectivity index (χ2v) is 6.39. The lowest BCUT2D eigenvalue weighted by molar-refractivity contribution is 0.00878. The zero-order valence-corrected chi connectivity index (χ0v) is 12.9. The SMILES string of the molecule is CC1CCC(OC(=O)c2ccc(N)c(Br)c2)CC1C. The Kier molecular flexibility index (Phi) is 4.50. The molecule has 4 heteroatoms. The maximum absolute atomic E-state index is 12.1. The summed E-state index contributed by atoms with van der Waals surface area (Å²) >= 11 is 3.32. The smallest absolute Gasteiger partial charge is 0.338 e. The zero-order chi connectivity index (χ0) is 14.0. The van der Waals surface area contributed by atoms with Crippen molar-refractivity contribution >= 4 is 27.6 Å². The number of ether oxygens (including phenoxy) is 1. The first kappa shape index (κ1) is 14.4. The van der Waals surface area contributed by atoms with Crippen molar-refractivity contribution in [3.05, 3.63) is 28.2 Å². The Balaban J connectivity index is 1.99. The molecule has 0 heterocycles. The van der Waals surface area contributed by atoms with Crippen LogP contribution in [0.3, 0.4) is 0 Å². The second kappa shape index (κ2) is 5.95. The van der Waals surface area contributed by atoms with Crippen LogP contribution in [0.4, 0.5) is 5.69 Å². The summed E-state index contributed by atoms with van der Waals surface area (Å²) in [6.45, 7) is 4.49. The van der Waals surface area contributed by atoms with Gasteiger partial charge in [-0.05, 0) is 65.2 Å². The summed E-state index contributed by atoms with van der Waals surface area (Å²) in [7, 11) is 0. The van der Waals surface area contributed by atoms with Crippen molar-refractivity contribution in [3.8, 4) is 0 Å². The van der Waals surface area contributed by atoms with E-state index in [-0.39, 0.29) is 12.1 Å². The van der Waals surface area contributed by atoms with Crippen molar-refractivity contribution < 1.29 is 9.53 Å². The number of carbonyl (C=O) groups is 1. The van der Waals surface area contributed by atoms with Crippen molar-refractivity contribution in [3.63, 3.8) is 0 Å². The fourth-order valence-electron chi connectivity index (χ4n) is 2.48. The van der Waals surface area contributed by atoms with Crippen LogP contribution in [-0.2, 0) is 4.74 Å². The molecule has 1 fully saturated rings. The number of carbonyl (C=O) groups excluding carboxylic acids is 1. The summed E-state index contributed by atoms with van der Waals surface area (Å²) in [5.74, 6) is 1.08. The van der Waals surface area contributed by atoms with Crippen LogP contribution in [-0.4, -0.2) is 12.1 Å². The normalized spacial score (nSPS) is 27.0. The van der Waals surface area contributed by atoms with E-state index in [4.69, 9.17) is 10.5 Å². The van der Waals surface area contributed by atoms with Crippen LogP contribution in [0.1, 0.15) is 43.5 Å². The third-order valence-electron chi connectivity index (χ3n) is 4.06. The van der Waals surface area contributed by atoms with Gasteiger partial charge in [-0.15, -0.1) is 0 Å². The molecule has 104 valence electrons. The topological polar surface area (TPSA) is 52.3 Å². The van der Waals surface area contributed by atoms with Crippen molar-refractivity contribution in [1.82, 2.24) is 0 Å². The molecule has 0 bridgehead atoms. The number of rotatable bonds is 2. The fourth-order valence-corrected chi connectivity index (χ4v) is 2.86. The Hall–Kier alpha value is -1.03. The van der Waals surface area contributed by atoms with Gasteiger partial charge in [0.1, 0.15) is 6.10 Å². The minimum Gasteiger partial charge on any atom is -0.459 e. The summed E-state index contributed by atoms with van der Waals surface area (Å²) in [6, 6.07) is 5.14. The van der Waals surface area contributed by atoms with E-state index in [0.29, 0.717) is 17.2 Å². The molecule has 19 heavy (non-hydrogen) atoms. The van der Waals surface area contributed by atoms with Crippen LogP contribution in [0.5, 0.6) is 0 Å². The summed E-state index contributed by atoms with van der Waals surface area (Å²) < 4.78 is 6.32. The van der Waals surface area contributed by atoms with Crippen LogP contribution in [0.15, 0.2) is 22.7 Å². The number of anilines is 1. The van der Waals surface area contributed by atoms with Crippen molar-refractivity contribution in [2.75, 3.05) is 5.73 Å². The number of halogens is 1. The Labute approximate surface area is 122 Å². The molecule has 1 aromatic rings. The van der Waals surface area contributed by atoms with Gasteiger partial charge in [0.05, 0.1) is 5.56 Å². The molecule has 1 saturated carbocycles. The highest BCUT2D eigenvalue weighted by Gasteiger charge is 2.27. The average molecular weight is 326 g/mol. The van der Waals surface area contributed by atoms with E-state index in [1.807, 2.05) is 0 Å². The summed E-state index contributed by atoms with van der Waals surface area (Å²) in [5, 5.41) is 0. The molecule has 0 saturated heterocycles. The molecule has 3 atom stereocenters. The van der Waals surface area contributed by atoms with Crippen LogP contribution in [0, 0.1) is 11.8 Å². The average Bonchev–Trinajstić information content (AvgIpc) is 2.37. The number of benzene rings is 1. The van der Waals surface area contributed by atoms with E-state index in [0.717, 1.165) is 29.7 Å². The van der Waals surface area contributed by atoms with E-state index in [1.165, 1.54) is 0 Å². The lowest BCUT2D eigenvalue weighted by atomic mass is 9.80. The number of hydrogen-bond acceptors (Lipinski definition) is 3. The standard InChI is InChI=1S/C15H20BrNO2/c1-9-3-5-12(7-10(9)2)19-15(18)11-4-6-14(17)13(16)8-11/h4,6,8-10,12H,3,5,7,17H2,1-2H3. The quantitative estimate of drug-likeness (QED) is 0.660. The van der Waals surface area contributed by atoms with Gasteiger partial charge >= 0.3 is 5.97 Å². The molecule has 0 aliphatic heterocycles. The van der Waals surface area contributed by atoms with Crippen LogP contribution in [0.25, 0.3) is 0 Å². The highest BCUT2D eigenvalue weighted by atomic mass is 79.9. The molecule has 1 aliphatic carbocycles. The summed E-state index contributed by atoms with van der Waals surface area (Å²) in [6.07, 6.45) is 3.11. The number of nitrogens with two attached hydrogens (primary N) is 1. The molecule has 3 unspecified atom stereocenters. The van der Waals surface area contributed by atoms with Crippen LogP contribution < -0.4 is 5.73 Å². The maximum atomic E-state index is 12.1. The van der Waals surface area contributed by atoms with E-state index in [1.54, 1.807) is 18.2 Å². The number of nitrogen functional groups attached to an aromatic ring is 1. The highest BCUT2D eigenvalue weighted by Crippen LogP contribution is 2.31. The molecule has 3 nitrogen and oxygen atoms in total. The van der Waals surface area contributed by atoms with Gasteiger partial charge in [0.2, 0.25) is 0 Å². The van der Waals surface area contributed by atoms with Gasteiger partial charge in [-0.2, -0.15) is 0 Å². The molecule has 1 aliphatic rings. The van der Waals surface area contributed by atoms with E-state index in [2.05, 4.69) is 29.8 Å². The molecule has 0 amide bonds. The predicted octanol–water partition coefficient (Wildman–Crippen LogP) is 4.01. The summed E-state index contributed by atoms with van der Waals surface area (Å²) in [4.78, 5) is 12.1. The van der Waals surface area contributed by atoms with E-state index >= 15 is 0 Å². The molecule has 0 spiro atoms. The van der Waals surface area contributed by atoms with Gasteiger partial charge in [-0.3, -0.25) is 0 Å². The maximum Gasteiger partial charge on any atom is 0.338 e. The Bertz CT molecular complexity index is 475. The van der Waals surface area contributed by atoms with Gasteiger partial charge in [0.25, 0.3) is 0 Å². The lowest BCUT2D eigenvalue weighted by Crippen LogP contribution is -2.28. The Morgan fingerprint density at radius 3 is 2.68 bits per heavy atom. The highest BCUT2D eigenvalue weighted by molar-refractivity contribution is 9.10. The molecule has 2 rings (SSSR count). The molecular formula is C15H20BrNO2. The lowest BCUT2D eigenvalue weighted by Gasteiger charge is -2.31. The number of esters is 1. The van der Waals surface area contributed by atoms with Crippen molar-refractivity contribution in [1.29, 1.82) is 0 Å². The monoisotopic (exact) mass is 325 g/mol. The van der Waals surface area contributed by atoms with Crippen molar-refractivity contribution in [2.24, 2.45) is 11.8 Å². The first-order chi connectivity index (χ1) is 8.97. The van der Waals surface area contributed by atoms with Gasteiger partial charge in [-0.25, -0.2) is 4.79 Å². The first-order valence-corrected chi connectivity index (χ1v) is 7.52.